The normalized spacial score (nSPS) is 14.6. The number of aromatic nitrogens is 2. The molecule has 1 amide bonds. The molecule has 162 valence electrons. The number of H-pyrrole nitrogens is 1. The molecular formula is C22H23N3O6. The summed E-state index contributed by atoms with van der Waals surface area (Å²) in [5, 5.41) is 14.8. The van der Waals surface area contributed by atoms with E-state index in [0.717, 1.165) is 46.6 Å². The number of hydrogen-bond donors (Lipinski definition) is 3. The van der Waals surface area contributed by atoms with Crippen LogP contribution in [0.5, 0.6) is 5.75 Å². The number of carbonyl (C=O) groups excluding carboxylic acids is 1. The summed E-state index contributed by atoms with van der Waals surface area (Å²) in [5.74, 6) is -2.10. The minimum Gasteiger partial charge on any atom is -0.483 e. The molecule has 9 nitrogen and oxygen atoms in total. The van der Waals surface area contributed by atoms with Gasteiger partial charge in [0, 0.05) is 25.2 Å². The molecule has 3 aromatic rings. The summed E-state index contributed by atoms with van der Waals surface area (Å²) < 4.78 is 6.36. The monoisotopic (exact) mass is 425 g/mol. The number of amides is 1. The maximum Gasteiger partial charge on any atom is 0.414 e. The van der Waals surface area contributed by atoms with Crippen molar-refractivity contribution in [2.24, 2.45) is 0 Å². The Morgan fingerprint density at radius 3 is 2.35 bits per heavy atom. The van der Waals surface area contributed by atoms with Gasteiger partial charge in [0.05, 0.1) is 5.52 Å². The van der Waals surface area contributed by atoms with Crippen LogP contribution < -0.4 is 4.74 Å². The highest BCUT2D eigenvalue weighted by atomic mass is 16.5. The molecule has 0 spiro atoms. The van der Waals surface area contributed by atoms with E-state index < -0.39 is 11.9 Å². The van der Waals surface area contributed by atoms with Crippen molar-refractivity contribution in [1.82, 2.24) is 14.9 Å². The third-order valence-corrected chi connectivity index (χ3v) is 4.86. The third kappa shape index (κ3) is 4.66. The molecule has 2 heterocycles. The van der Waals surface area contributed by atoms with Crippen LogP contribution in [0.25, 0.3) is 11.0 Å². The molecule has 1 atom stereocenters. The smallest absolute Gasteiger partial charge is 0.414 e. The van der Waals surface area contributed by atoms with E-state index >= 15 is 0 Å². The first-order valence-electron chi connectivity index (χ1n) is 9.60. The molecule has 9 heteroatoms. The number of carboxylic acids is 2. The van der Waals surface area contributed by atoms with Crippen molar-refractivity contribution in [3.05, 3.63) is 58.9 Å². The van der Waals surface area contributed by atoms with Gasteiger partial charge in [0.2, 0.25) is 0 Å². The lowest BCUT2D eigenvalue weighted by Gasteiger charge is -2.28. The quantitative estimate of drug-likeness (QED) is 0.538. The molecule has 1 aromatic heterocycles. The molecule has 0 radical (unpaired) electrons. The molecule has 0 aliphatic carbocycles. The second kappa shape index (κ2) is 8.86. The van der Waals surface area contributed by atoms with E-state index in [1.165, 1.54) is 0 Å². The number of nitrogens with one attached hydrogen (secondary N) is 1. The Bertz CT molecular complexity index is 1130. The predicted octanol–water partition coefficient (Wildman–Crippen LogP) is 2.80. The van der Waals surface area contributed by atoms with Crippen LogP contribution in [0, 0.1) is 6.92 Å². The predicted molar refractivity (Wildman–Crippen MR) is 112 cm³/mol. The van der Waals surface area contributed by atoms with Crippen molar-refractivity contribution in [3.63, 3.8) is 0 Å². The van der Waals surface area contributed by atoms with Gasteiger partial charge in [-0.15, -0.1) is 0 Å². The fourth-order valence-corrected chi connectivity index (χ4v) is 3.47. The number of hydrogen-bond acceptors (Lipinski definition) is 5. The van der Waals surface area contributed by atoms with Crippen LogP contribution >= 0.6 is 0 Å². The summed E-state index contributed by atoms with van der Waals surface area (Å²) in [6.07, 6.45) is 1.63. The van der Waals surface area contributed by atoms with Crippen LogP contribution in [-0.2, 0) is 16.0 Å². The average molecular weight is 425 g/mol. The van der Waals surface area contributed by atoms with Crippen LogP contribution in [0.2, 0.25) is 0 Å². The summed E-state index contributed by atoms with van der Waals surface area (Å²) in [6.45, 7) is 1.91. The SMILES string of the molecule is Cc1nc2c3c(c(C(=O)N(C)C)cc2[nH]1)CC[C@@H](c1ccccc1)O3.O=C(O)C(=O)O. The number of aromatic amines is 1. The van der Waals surface area contributed by atoms with Crippen molar-refractivity contribution >= 4 is 28.9 Å². The molecule has 0 saturated heterocycles. The van der Waals surface area contributed by atoms with Gasteiger partial charge < -0.3 is 24.8 Å². The number of imidazole rings is 1. The molecule has 0 saturated carbocycles. The van der Waals surface area contributed by atoms with Crippen molar-refractivity contribution in [2.45, 2.75) is 25.9 Å². The molecule has 0 unspecified atom stereocenters. The number of carboxylic acid groups (broad SMARTS) is 2. The zero-order valence-corrected chi connectivity index (χ0v) is 17.4. The largest absolute Gasteiger partial charge is 0.483 e. The average Bonchev–Trinajstić information content (AvgIpc) is 3.13. The van der Waals surface area contributed by atoms with Gasteiger partial charge in [-0.1, -0.05) is 30.3 Å². The van der Waals surface area contributed by atoms with Gasteiger partial charge in [-0.3, -0.25) is 4.79 Å². The Morgan fingerprint density at radius 1 is 1.13 bits per heavy atom. The zero-order chi connectivity index (χ0) is 22.7. The van der Waals surface area contributed by atoms with Crippen LogP contribution in [0.4, 0.5) is 0 Å². The molecule has 1 aliphatic rings. The molecule has 31 heavy (non-hydrogen) atoms. The first-order valence-corrected chi connectivity index (χ1v) is 9.60. The number of nitrogens with zero attached hydrogens (tertiary/aromatic N) is 2. The van der Waals surface area contributed by atoms with Crippen molar-refractivity contribution < 1.29 is 29.3 Å². The van der Waals surface area contributed by atoms with Gasteiger partial charge in [0.15, 0.2) is 5.75 Å². The Kier molecular flexibility index (Phi) is 6.24. The number of ether oxygens (including phenoxy) is 1. The highest BCUT2D eigenvalue weighted by molar-refractivity contribution is 6.27. The molecular weight excluding hydrogens is 402 g/mol. The highest BCUT2D eigenvalue weighted by Crippen LogP contribution is 2.41. The minimum absolute atomic E-state index is 0.00726. The third-order valence-electron chi connectivity index (χ3n) is 4.86. The van der Waals surface area contributed by atoms with E-state index in [2.05, 4.69) is 22.1 Å². The number of rotatable bonds is 2. The van der Waals surface area contributed by atoms with Crippen LogP contribution in [0.1, 0.15) is 39.8 Å². The van der Waals surface area contributed by atoms with Crippen LogP contribution in [-0.4, -0.2) is 57.0 Å². The first-order chi connectivity index (χ1) is 14.7. The number of fused-ring (bicyclic) bond motifs is 3. The van der Waals surface area contributed by atoms with E-state index in [-0.39, 0.29) is 12.0 Å². The van der Waals surface area contributed by atoms with E-state index in [1.54, 1.807) is 19.0 Å². The Hall–Kier alpha value is -3.88. The number of aliphatic carboxylic acids is 2. The Balaban J connectivity index is 0.000000401. The van der Waals surface area contributed by atoms with Gasteiger partial charge in [-0.25, -0.2) is 14.6 Å². The molecule has 1 aliphatic heterocycles. The van der Waals surface area contributed by atoms with Gasteiger partial charge in [-0.2, -0.15) is 0 Å². The van der Waals surface area contributed by atoms with E-state index in [4.69, 9.17) is 24.5 Å². The van der Waals surface area contributed by atoms with Gasteiger partial charge >= 0.3 is 11.9 Å². The van der Waals surface area contributed by atoms with E-state index in [1.807, 2.05) is 31.2 Å². The zero-order valence-electron chi connectivity index (χ0n) is 17.4. The topological polar surface area (TPSA) is 133 Å². The fraction of sp³-hybridized carbons (Fsp3) is 0.273. The number of aryl methyl sites for hydroxylation is 1. The second-order valence-electron chi connectivity index (χ2n) is 7.32. The Morgan fingerprint density at radius 2 is 1.77 bits per heavy atom. The summed E-state index contributed by atoms with van der Waals surface area (Å²) in [5.41, 5.74) is 4.46. The van der Waals surface area contributed by atoms with Gasteiger partial charge in [0.1, 0.15) is 17.4 Å². The van der Waals surface area contributed by atoms with Crippen LogP contribution in [0.3, 0.4) is 0 Å². The maximum atomic E-state index is 12.7. The maximum absolute atomic E-state index is 12.7. The van der Waals surface area contributed by atoms with E-state index in [0.29, 0.717) is 5.56 Å². The van der Waals surface area contributed by atoms with E-state index in [9.17, 15) is 4.79 Å². The van der Waals surface area contributed by atoms with Gasteiger partial charge in [0.25, 0.3) is 5.91 Å². The van der Waals surface area contributed by atoms with Crippen molar-refractivity contribution in [1.29, 1.82) is 0 Å². The van der Waals surface area contributed by atoms with Gasteiger partial charge in [-0.05, 0) is 31.4 Å². The minimum atomic E-state index is -1.82. The molecule has 3 N–H and O–H groups in total. The molecule has 2 aromatic carbocycles. The fourth-order valence-electron chi connectivity index (χ4n) is 3.47. The van der Waals surface area contributed by atoms with Crippen LogP contribution in [0.15, 0.2) is 36.4 Å². The summed E-state index contributed by atoms with van der Waals surface area (Å²) >= 11 is 0. The second-order valence-corrected chi connectivity index (χ2v) is 7.32. The summed E-state index contributed by atoms with van der Waals surface area (Å²) in [4.78, 5) is 40.3. The lowest BCUT2D eigenvalue weighted by Crippen LogP contribution is -2.25. The molecule has 0 fully saturated rings. The first kappa shape index (κ1) is 21.8. The lowest BCUT2D eigenvalue weighted by molar-refractivity contribution is -0.159. The lowest BCUT2D eigenvalue weighted by atomic mass is 9.93. The number of carbonyl (C=O) groups is 3. The number of benzene rings is 2. The van der Waals surface area contributed by atoms with Crippen molar-refractivity contribution in [3.8, 4) is 5.75 Å². The standard InChI is InChI=1S/C20H21N3O2.C2H2O4/c1-12-21-16-11-15(20(24)23(2)3)14-9-10-17(13-7-5-4-6-8-13)25-19(14)18(16)22-12;3-1(4)2(5)6/h4-8,11,17H,9-10H2,1-3H3,(H,21,22);(H,3,4)(H,5,6)/t17-;/m0./s1. The highest BCUT2D eigenvalue weighted by Gasteiger charge is 2.29. The Labute approximate surface area is 178 Å². The molecule has 0 bridgehead atoms. The summed E-state index contributed by atoms with van der Waals surface area (Å²) in [7, 11) is 3.54. The molecule has 4 rings (SSSR count). The summed E-state index contributed by atoms with van der Waals surface area (Å²) in [6, 6.07) is 12.1. The van der Waals surface area contributed by atoms with Crippen molar-refractivity contribution in [2.75, 3.05) is 14.1 Å².